The van der Waals surface area contributed by atoms with E-state index in [4.69, 9.17) is 19.9 Å². The van der Waals surface area contributed by atoms with Crippen molar-refractivity contribution in [2.24, 2.45) is 10.9 Å². The lowest BCUT2D eigenvalue weighted by Gasteiger charge is -2.29. The number of aryl methyl sites for hydroxylation is 2. The second kappa shape index (κ2) is 15.0. The molecule has 2 atom stereocenters. The van der Waals surface area contributed by atoms with Crippen LogP contribution in [0.5, 0.6) is 0 Å². The number of aliphatic imine (C=N–C) groups is 1. The van der Waals surface area contributed by atoms with Gasteiger partial charge in [-0.25, -0.2) is 15.0 Å². The summed E-state index contributed by atoms with van der Waals surface area (Å²) in [6.07, 6.45) is 8.90. The second-order valence-electron chi connectivity index (χ2n) is 15.1. The highest BCUT2D eigenvalue weighted by molar-refractivity contribution is 6.09. The van der Waals surface area contributed by atoms with E-state index in [2.05, 4.69) is 184 Å². The van der Waals surface area contributed by atoms with Gasteiger partial charge in [0.25, 0.3) is 0 Å². The van der Waals surface area contributed by atoms with Gasteiger partial charge in [-0.1, -0.05) is 164 Å². The molecule has 2 aliphatic rings. The van der Waals surface area contributed by atoms with Gasteiger partial charge in [-0.15, -0.1) is 0 Å². The zero-order valence-electron chi connectivity index (χ0n) is 32.4. The third-order valence-electron chi connectivity index (χ3n) is 11.3. The van der Waals surface area contributed by atoms with Crippen molar-refractivity contribution in [3.63, 3.8) is 0 Å². The molecule has 58 heavy (non-hydrogen) atoms. The first kappa shape index (κ1) is 35.1. The van der Waals surface area contributed by atoms with Gasteiger partial charge >= 0.3 is 0 Å². The summed E-state index contributed by atoms with van der Waals surface area (Å²) in [6.45, 7) is 4.33. The summed E-state index contributed by atoms with van der Waals surface area (Å²) in [5.74, 6) is 0.877. The first-order chi connectivity index (χ1) is 28.5. The summed E-state index contributed by atoms with van der Waals surface area (Å²) < 4.78 is 0. The molecule has 4 heteroatoms. The fourth-order valence-electron chi connectivity index (χ4n) is 8.18. The Hall–Kier alpha value is -7.30. The molecule has 10 rings (SSSR count). The third kappa shape index (κ3) is 6.79. The van der Waals surface area contributed by atoms with Crippen molar-refractivity contribution in [1.82, 2.24) is 15.0 Å². The quantitative estimate of drug-likeness (QED) is 0.163. The maximum Gasteiger partial charge on any atom is 0.160 e. The molecule has 0 N–H and O–H groups in total. The molecule has 1 aliphatic heterocycles. The number of allylic oxidation sites excluding steroid dienone is 1. The van der Waals surface area contributed by atoms with Crippen LogP contribution in [0.25, 0.3) is 73.5 Å². The van der Waals surface area contributed by atoms with Gasteiger partial charge in [0.2, 0.25) is 0 Å². The highest BCUT2D eigenvalue weighted by Crippen LogP contribution is 2.41. The monoisotopic (exact) mass is 744 g/mol. The molecule has 0 saturated carbocycles. The first-order valence-corrected chi connectivity index (χ1v) is 19.9. The predicted molar refractivity (Wildman–Crippen MR) is 239 cm³/mol. The fourth-order valence-corrected chi connectivity index (χ4v) is 8.18. The van der Waals surface area contributed by atoms with Crippen LogP contribution in [0.4, 0.5) is 0 Å². The summed E-state index contributed by atoms with van der Waals surface area (Å²) in [4.78, 5) is 20.9. The molecule has 0 spiro atoms. The molecule has 0 bridgehead atoms. The molecule has 4 nitrogen and oxygen atoms in total. The summed E-state index contributed by atoms with van der Waals surface area (Å²) in [7, 11) is 0. The molecule has 0 amide bonds. The highest BCUT2D eigenvalue weighted by Gasteiger charge is 2.30. The lowest BCUT2D eigenvalue weighted by atomic mass is 9.84. The molecule has 2 aromatic heterocycles. The molecule has 2 unspecified atom stereocenters. The maximum atomic E-state index is 5.35. The Balaban J connectivity index is 1.00. The molecule has 276 valence electrons. The van der Waals surface area contributed by atoms with Gasteiger partial charge in [-0.05, 0) is 83.1 Å². The molecular formula is C54H40N4. The van der Waals surface area contributed by atoms with E-state index in [-0.39, 0.29) is 12.0 Å². The summed E-state index contributed by atoms with van der Waals surface area (Å²) >= 11 is 0. The minimum absolute atomic E-state index is 0.0664. The predicted octanol–water partition coefficient (Wildman–Crippen LogP) is 13.2. The van der Waals surface area contributed by atoms with Crippen molar-refractivity contribution in [2.45, 2.75) is 19.9 Å². The Morgan fingerprint density at radius 1 is 0.397 bits per heavy atom. The van der Waals surface area contributed by atoms with Crippen LogP contribution in [0.3, 0.4) is 0 Å². The zero-order valence-corrected chi connectivity index (χ0v) is 32.4. The van der Waals surface area contributed by atoms with E-state index in [1.54, 1.807) is 0 Å². The minimum Gasteiger partial charge on any atom is -0.274 e. The number of hydrogen-bond acceptors (Lipinski definition) is 4. The van der Waals surface area contributed by atoms with Crippen molar-refractivity contribution in [3.8, 4) is 67.4 Å². The van der Waals surface area contributed by atoms with Gasteiger partial charge < -0.3 is 0 Å². The Kier molecular flexibility index (Phi) is 9.08. The van der Waals surface area contributed by atoms with Crippen molar-refractivity contribution in [3.05, 3.63) is 216 Å². The average Bonchev–Trinajstić information content (AvgIpc) is 3.29. The molecule has 0 radical (unpaired) electrons. The molecule has 0 saturated heterocycles. The lowest BCUT2D eigenvalue weighted by molar-refractivity contribution is 0.591. The number of pyridine rings is 1. The van der Waals surface area contributed by atoms with Crippen LogP contribution < -0.4 is 0 Å². The van der Waals surface area contributed by atoms with Gasteiger partial charge in [-0.2, -0.15) is 0 Å². The van der Waals surface area contributed by atoms with Crippen molar-refractivity contribution < 1.29 is 0 Å². The Morgan fingerprint density at radius 2 is 0.948 bits per heavy atom. The normalized spacial score (nSPS) is 15.4. The first-order valence-electron chi connectivity index (χ1n) is 19.9. The average molecular weight is 745 g/mol. The van der Waals surface area contributed by atoms with Crippen molar-refractivity contribution in [1.29, 1.82) is 0 Å². The largest absolute Gasteiger partial charge is 0.274 e. The van der Waals surface area contributed by atoms with Gasteiger partial charge in [0, 0.05) is 33.7 Å². The second-order valence-corrected chi connectivity index (χ2v) is 15.1. The van der Waals surface area contributed by atoms with Gasteiger partial charge in [0.1, 0.15) is 6.04 Å². The van der Waals surface area contributed by atoms with Crippen LogP contribution in [0.15, 0.2) is 193 Å². The number of dihydropyridines is 1. The van der Waals surface area contributed by atoms with Crippen LogP contribution in [0.1, 0.15) is 34.0 Å². The summed E-state index contributed by atoms with van der Waals surface area (Å²) in [5, 5.41) is 0. The zero-order chi connectivity index (χ0) is 39.0. The van der Waals surface area contributed by atoms with E-state index in [0.29, 0.717) is 5.82 Å². The Labute approximate surface area is 339 Å². The van der Waals surface area contributed by atoms with Crippen LogP contribution in [0.2, 0.25) is 0 Å². The van der Waals surface area contributed by atoms with Crippen molar-refractivity contribution in [2.75, 3.05) is 0 Å². The Morgan fingerprint density at radius 3 is 1.64 bits per heavy atom. The SMILES string of the molecule is Cc1ccccc1-c1ccc(-c2cc(-c3cccc(-c4cccc(-c5cc(C)c6c(n5)C5N=C(c7ccccc7)C=CC5C=C6)c4)c3)nc(-c3ccccc3)n2)cc1. The van der Waals surface area contributed by atoms with Crippen molar-refractivity contribution >= 4 is 11.8 Å². The summed E-state index contributed by atoms with van der Waals surface area (Å²) in [6, 6.07) is 59.4. The van der Waals surface area contributed by atoms with Crippen LogP contribution >= 0.6 is 0 Å². The van der Waals surface area contributed by atoms with E-state index in [0.717, 1.165) is 67.4 Å². The van der Waals surface area contributed by atoms with Gasteiger partial charge in [0.15, 0.2) is 5.82 Å². The van der Waals surface area contributed by atoms with E-state index in [1.165, 1.54) is 27.8 Å². The number of benzene rings is 6. The topological polar surface area (TPSA) is 51.0 Å². The van der Waals surface area contributed by atoms with E-state index in [1.807, 2.05) is 24.3 Å². The number of nitrogens with zero attached hydrogens (tertiary/aromatic N) is 4. The number of fused-ring (bicyclic) bond motifs is 3. The molecule has 3 heterocycles. The van der Waals surface area contributed by atoms with E-state index in [9.17, 15) is 0 Å². The molecular weight excluding hydrogens is 705 g/mol. The maximum absolute atomic E-state index is 5.35. The fraction of sp³-hybridized carbons (Fsp3) is 0.0741. The molecule has 6 aromatic carbocycles. The number of hydrogen-bond donors (Lipinski definition) is 0. The van der Waals surface area contributed by atoms with Crippen LogP contribution in [0, 0.1) is 19.8 Å². The number of aromatic nitrogens is 3. The van der Waals surface area contributed by atoms with E-state index < -0.39 is 0 Å². The van der Waals surface area contributed by atoms with Gasteiger partial charge in [0.05, 0.1) is 28.5 Å². The van der Waals surface area contributed by atoms with Crippen LogP contribution in [-0.2, 0) is 0 Å². The molecule has 1 aliphatic carbocycles. The molecule has 8 aromatic rings. The smallest absolute Gasteiger partial charge is 0.160 e. The van der Waals surface area contributed by atoms with Crippen LogP contribution in [-0.4, -0.2) is 20.7 Å². The summed E-state index contributed by atoms with van der Waals surface area (Å²) in [5.41, 5.74) is 18.3. The Bertz CT molecular complexity index is 2910. The molecule has 0 fully saturated rings. The third-order valence-corrected chi connectivity index (χ3v) is 11.3. The standard InChI is InChI=1S/C54H40N4/c1-35-13-9-10-22-46(35)37-23-25-39(26-24-37)50-34-51(58-54(57-50)41-16-7-4-8-17-41)45-21-12-19-43(33-45)42-18-11-20-44(32-42)49-31-36(2)47-29-27-40-28-30-48(38-14-5-3-6-15-38)55-52(40)53(47)56-49/h3-34,40,52H,1-2H3. The lowest BCUT2D eigenvalue weighted by Crippen LogP contribution is -2.20. The highest BCUT2D eigenvalue weighted by atomic mass is 14.9. The minimum atomic E-state index is -0.0664. The van der Waals surface area contributed by atoms with E-state index >= 15 is 0 Å². The number of rotatable bonds is 7. The van der Waals surface area contributed by atoms with Gasteiger partial charge in [-0.3, -0.25) is 4.99 Å².